The lowest BCUT2D eigenvalue weighted by atomic mass is 10.3. The van der Waals surface area contributed by atoms with Crippen molar-refractivity contribution in [2.45, 2.75) is 12.8 Å². The third-order valence-corrected chi connectivity index (χ3v) is 4.42. The van der Waals surface area contributed by atoms with Crippen LogP contribution in [0.2, 0.25) is 0 Å². The highest BCUT2D eigenvalue weighted by Crippen LogP contribution is 2.20. The van der Waals surface area contributed by atoms with E-state index in [1.165, 1.54) is 0 Å². The number of hydrogen-bond acceptors (Lipinski definition) is 8. The van der Waals surface area contributed by atoms with Crippen LogP contribution < -0.4 is 15.6 Å². The molecule has 1 fully saturated rings. The molecule has 0 amide bonds. The SMILES string of the molecule is Brc1ccc(/C=N\Nc2nc(Nc3ccccc3)nc(N3CCCC3)n2)o1. The summed E-state index contributed by atoms with van der Waals surface area (Å²) < 4.78 is 6.03. The Labute approximate surface area is 164 Å². The van der Waals surface area contributed by atoms with Crippen LogP contribution in [0, 0.1) is 0 Å². The first-order valence-corrected chi connectivity index (χ1v) is 9.43. The molecular weight excluding hydrogens is 410 g/mol. The number of nitrogens with zero attached hydrogens (tertiary/aromatic N) is 5. The Morgan fingerprint density at radius 3 is 2.52 bits per heavy atom. The Morgan fingerprint density at radius 1 is 1.00 bits per heavy atom. The molecule has 9 heteroatoms. The number of para-hydroxylation sites is 1. The van der Waals surface area contributed by atoms with E-state index in [1.54, 1.807) is 18.3 Å². The molecule has 1 saturated heterocycles. The average molecular weight is 428 g/mol. The van der Waals surface area contributed by atoms with Gasteiger partial charge in [0.15, 0.2) is 4.67 Å². The third-order valence-electron chi connectivity index (χ3n) is 3.99. The summed E-state index contributed by atoms with van der Waals surface area (Å²) in [5, 5.41) is 7.37. The second-order valence-corrected chi connectivity index (χ2v) is 6.76. The molecule has 1 aromatic carbocycles. The third kappa shape index (κ3) is 4.62. The van der Waals surface area contributed by atoms with Gasteiger partial charge in [0.05, 0.1) is 6.21 Å². The van der Waals surface area contributed by atoms with Crippen LogP contribution in [0.15, 0.2) is 56.7 Å². The lowest BCUT2D eigenvalue weighted by Gasteiger charge is -2.16. The Balaban J connectivity index is 1.56. The number of anilines is 4. The summed E-state index contributed by atoms with van der Waals surface area (Å²) in [4.78, 5) is 15.6. The monoisotopic (exact) mass is 427 g/mol. The minimum absolute atomic E-state index is 0.368. The summed E-state index contributed by atoms with van der Waals surface area (Å²) >= 11 is 3.26. The molecule has 2 aromatic heterocycles. The van der Waals surface area contributed by atoms with E-state index in [4.69, 9.17) is 4.42 Å². The number of benzene rings is 1. The second kappa shape index (κ2) is 8.17. The molecule has 27 heavy (non-hydrogen) atoms. The molecule has 0 aliphatic carbocycles. The fraction of sp³-hybridized carbons (Fsp3) is 0.222. The molecule has 0 spiro atoms. The molecule has 138 valence electrons. The van der Waals surface area contributed by atoms with Crippen LogP contribution in [0.3, 0.4) is 0 Å². The Morgan fingerprint density at radius 2 is 1.78 bits per heavy atom. The van der Waals surface area contributed by atoms with Gasteiger partial charge in [0.2, 0.25) is 17.8 Å². The first kappa shape index (κ1) is 17.5. The van der Waals surface area contributed by atoms with Gasteiger partial charge in [0.1, 0.15) is 5.76 Å². The zero-order valence-electron chi connectivity index (χ0n) is 14.5. The summed E-state index contributed by atoms with van der Waals surface area (Å²) in [5.41, 5.74) is 3.77. The average Bonchev–Trinajstić information content (AvgIpc) is 3.34. The van der Waals surface area contributed by atoms with Gasteiger partial charge in [0, 0.05) is 18.8 Å². The van der Waals surface area contributed by atoms with Crippen molar-refractivity contribution in [3.63, 3.8) is 0 Å². The van der Waals surface area contributed by atoms with Gasteiger partial charge in [-0.2, -0.15) is 20.1 Å². The summed E-state index contributed by atoms with van der Waals surface area (Å²) in [6.07, 6.45) is 3.84. The molecule has 4 rings (SSSR count). The number of nitrogens with one attached hydrogen (secondary N) is 2. The van der Waals surface area contributed by atoms with Crippen molar-refractivity contribution < 1.29 is 4.42 Å². The van der Waals surface area contributed by atoms with Crippen molar-refractivity contribution in [3.05, 3.63) is 52.9 Å². The molecule has 0 unspecified atom stereocenters. The molecule has 3 aromatic rings. The number of halogens is 1. The second-order valence-electron chi connectivity index (χ2n) is 5.98. The molecular formula is C18H18BrN7O. The van der Waals surface area contributed by atoms with Gasteiger partial charge in [-0.25, -0.2) is 5.43 Å². The van der Waals surface area contributed by atoms with Gasteiger partial charge < -0.3 is 14.6 Å². The summed E-state index contributed by atoms with van der Waals surface area (Å²) in [7, 11) is 0. The lowest BCUT2D eigenvalue weighted by molar-refractivity contribution is 0.534. The van der Waals surface area contributed by atoms with Crippen molar-refractivity contribution in [3.8, 4) is 0 Å². The standard InChI is InChI=1S/C18H18BrN7O/c19-15-9-8-14(27-15)12-20-25-17-22-16(21-13-6-2-1-3-7-13)23-18(24-17)26-10-4-5-11-26/h1-3,6-9,12H,4-5,10-11H2,(H2,21,22,23,24,25)/b20-12-. The van der Waals surface area contributed by atoms with Gasteiger partial charge in [0.25, 0.3) is 0 Å². The van der Waals surface area contributed by atoms with Crippen molar-refractivity contribution in [2.75, 3.05) is 28.7 Å². The molecule has 2 N–H and O–H groups in total. The Bertz CT molecular complexity index is 922. The maximum absolute atomic E-state index is 5.38. The molecule has 0 radical (unpaired) electrons. The van der Waals surface area contributed by atoms with Crippen LogP contribution in [-0.4, -0.2) is 34.3 Å². The number of furan rings is 1. The van der Waals surface area contributed by atoms with E-state index in [9.17, 15) is 0 Å². The van der Waals surface area contributed by atoms with Crippen LogP contribution in [0.1, 0.15) is 18.6 Å². The van der Waals surface area contributed by atoms with E-state index in [2.05, 4.69) is 51.6 Å². The van der Waals surface area contributed by atoms with E-state index >= 15 is 0 Å². The number of aromatic nitrogens is 3. The predicted octanol–water partition coefficient (Wildman–Crippen LogP) is 4.02. The van der Waals surface area contributed by atoms with Crippen LogP contribution in [-0.2, 0) is 0 Å². The maximum atomic E-state index is 5.38. The van der Waals surface area contributed by atoms with Crippen molar-refractivity contribution in [1.29, 1.82) is 0 Å². The molecule has 1 aliphatic heterocycles. The van der Waals surface area contributed by atoms with Gasteiger partial charge >= 0.3 is 0 Å². The maximum Gasteiger partial charge on any atom is 0.250 e. The minimum atomic E-state index is 0.368. The van der Waals surface area contributed by atoms with Gasteiger partial charge in [-0.3, -0.25) is 0 Å². The minimum Gasteiger partial charge on any atom is -0.448 e. The fourth-order valence-corrected chi connectivity index (χ4v) is 3.05. The van der Waals surface area contributed by atoms with Crippen LogP contribution in [0.25, 0.3) is 0 Å². The highest BCUT2D eigenvalue weighted by atomic mass is 79.9. The Kier molecular flexibility index (Phi) is 5.29. The van der Waals surface area contributed by atoms with Gasteiger partial charge in [-0.15, -0.1) is 0 Å². The summed E-state index contributed by atoms with van der Waals surface area (Å²) in [6.45, 7) is 1.88. The van der Waals surface area contributed by atoms with Crippen molar-refractivity contribution in [1.82, 2.24) is 15.0 Å². The largest absolute Gasteiger partial charge is 0.448 e. The molecule has 0 atom stereocenters. The van der Waals surface area contributed by atoms with Crippen LogP contribution in [0.4, 0.5) is 23.5 Å². The molecule has 1 aliphatic rings. The zero-order valence-corrected chi connectivity index (χ0v) is 16.1. The van der Waals surface area contributed by atoms with Crippen LogP contribution in [0.5, 0.6) is 0 Å². The zero-order chi connectivity index (χ0) is 18.5. The summed E-state index contributed by atoms with van der Waals surface area (Å²) in [5.74, 6) is 2.09. The lowest BCUT2D eigenvalue weighted by Crippen LogP contribution is -2.21. The highest BCUT2D eigenvalue weighted by Gasteiger charge is 2.17. The molecule has 0 saturated carbocycles. The van der Waals surface area contributed by atoms with Gasteiger partial charge in [-0.1, -0.05) is 18.2 Å². The van der Waals surface area contributed by atoms with E-state index in [0.717, 1.165) is 31.6 Å². The van der Waals surface area contributed by atoms with Crippen molar-refractivity contribution in [2.24, 2.45) is 5.10 Å². The first-order chi connectivity index (χ1) is 13.3. The fourth-order valence-electron chi connectivity index (χ4n) is 2.73. The molecule has 0 bridgehead atoms. The van der Waals surface area contributed by atoms with E-state index in [1.807, 2.05) is 30.3 Å². The number of hydrogen-bond donors (Lipinski definition) is 2. The normalized spacial score (nSPS) is 14.0. The van der Waals surface area contributed by atoms with Crippen molar-refractivity contribution >= 4 is 45.7 Å². The molecule has 8 nitrogen and oxygen atoms in total. The van der Waals surface area contributed by atoms with Crippen LogP contribution >= 0.6 is 15.9 Å². The highest BCUT2D eigenvalue weighted by molar-refractivity contribution is 9.10. The van der Waals surface area contributed by atoms with E-state index < -0.39 is 0 Å². The van der Waals surface area contributed by atoms with E-state index in [-0.39, 0.29) is 0 Å². The number of hydrazone groups is 1. The smallest absolute Gasteiger partial charge is 0.250 e. The number of rotatable bonds is 6. The topological polar surface area (TPSA) is 91.5 Å². The van der Waals surface area contributed by atoms with Gasteiger partial charge in [-0.05, 0) is 53.0 Å². The predicted molar refractivity (Wildman–Crippen MR) is 109 cm³/mol. The summed E-state index contributed by atoms with van der Waals surface area (Å²) in [6, 6.07) is 13.4. The Hall–Kier alpha value is -2.94. The molecule has 3 heterocycles. The quantitative estimate of drug-likeness (QED) is 0.453. The first-order valence-electron chi connectivity index (χ1n) is 8.64. The van der Waals surface area contributed by atoms with E-state index in [0.29, 0.717) is 28.3 Å².